The molecular formula is C8H12N2. The van der Waals surface area contributed by atoms with Gasteiger partial charge in [0.25, 0.3) is 0 Å². The number of rotatable bonds is 3. The highest BCUT2D eigenvalue weighted by Gasteiger charge is 1.86. The predicted molar refractivity (Wildman–Crippen MR) is 40.6 cm³/mol. The van der Waals surface area contributed by atoms with Crippen LogP contribution in [0.2, 0.25) is 0 Å². The average molecular weight is 136 g/mol. The Labute approximate surface area is 61.2 Å². The summed E-state index contributed by atoms with van der Waals surface area (Å²) in [4.78, 5) is 0. The van der Waals surface area contributed by atoms with E-state index in [1.54, 1.807) is 5.43 Å². The molecule has 0 spiro atoms. The van der Waals surface area contributed by atoms with Crippen LogP contribution in [0.15, 0.2) is 30.3 Å². The number of nitrogens with one attached hydrogen (secondary N) is 1. The van der Waals surface area contributed by atoms with Crippen molar-refractivity contribution in [3.8, 4) is 0 Å². The Morgan fingerprint density at radius 2 is 2.00 bits per heavy atom. The third kappa shape index (κ3) is 2.17. The number of benzene rings is 1. The Kier molecular flexibility index (Phi) is 2.93. The lowest BCUT2D eigenvalue weighted by atomic mass is 10.2. The first-order valence-corrected chi connectivity index (χ1v) is 3.31. The standard InChI is InChI=1S/C8H12N2/c1-9-10-7-8-5-3-2-4-6-8/h2-6,10H,1,7,9H2. The number of hydrogen-bond acceptors (Lipinski definition) is 1. The van der Waals surface area contributed by atoms with Crippen LogP contribution in [0.25, 0.3) is 0 Å². The quantitative estimate of drug-likeness (QED) is 0.343. The Bertz CT molecular complexity index is 172. The van der Waals surface area contributed by atoms with Gasteiger partial charge < -0.3 is 5.43 Å². The normalized spacial score (nSPS) is 9.70. The lowest BCUT2D eigenvalue weighted by molar-refractivity contribution is -0.658. The molecule has 0 saturated heterocycles. The smallest absolute Gasteiger partial charge is 0.0669 e. The van der Waals surface area contributed by atoms with Crippen molar-refractivity contribution >= 4 is 0 Å². The van der Waals surface area contributed by atoms with Crippen LogP contribution in [0.1, 0.15) is 5.56 Å². The molecule has 0 aliphatic carbocycles. The fourth-order valence-corrected chi connectivity index (χ4v) is 0.786. The van der Waals surface area contributed by atoms with Crippen molar-refractivity contribution < 1.29 is 5.43 Å². The van der Waals surface area contributed by atoms with Gasteiger partial charge in [-0.2, -0.15) is 5.43 Å². The number of quaternary nitrogens is 1. The molecule has 0 fully saturated rings. The SMILES string of the molecule is [CH2-][NH2+]NCc1ccccc1. The second-order valence-corrected chi connectivity index (χ2v) is 2.07. The van der Waals surface area contributed by atoms with Crippen LogP contribution in [0.4, 0.5) is 0 Å². The molecule has 1 aromatic carbocycles. The van der Waals surface area contributed by atoms with E-state index >= 15 is 0 Å². The molecule has 10 heavy (non-hydrogen) atoms. The lowest BCUT2D eigenvalue weighted by Crippen LogP contribution is -2.86. The number of hydrogen-bond donors (Lipinski definition) is 2. The van der Waals surface area contributed by atoms with Crippen molar-refractivity contribution in [2.45, 2.75) is 6.54 Å². The molecule has 0 unspecified atom stereocenters. The average Bonchev–Trinajstić information content (AvgIpc) is 2.03. The van der Waals surface area contributed by atoms with Crippen LogP contribution in [-0.4, -0.2) is 0 Å². The van der Waals surface area contributed by atoms with Gasteiger partial charge in [-0.05, 0) is 5.56 Å². The molecule has 1 aromatic rings. The summed E-state index contributed by atoms with van der Waals surface area (Å²) >= 11 is 0. The molecule has 0 amide bonds. The maximum absolute atomic E-state index is 3.56. The van der Waals surface area contributed by atoms with E-state index in [0.29, 0.717) is 0 Å². The zero-order valence-electron chi connectivity index (χ0n) is 5.88. The fraction of sp³-hybridized carbons (Fsp3) is 0.125. The molecular weight excluding hydrogens is 124 g/mol. The van der Waals surface area contributed by atoms with Gasteiger partial charge in [-0.25, -0.2) is 0 Å². The second-order valence-electron chi connectivity index (χ2n) is 2.07. The van der Waals surface area contributed by atoms with Crippen molar-refractivity contribution in [1.82, 2.24) is 5.43 Å². The zero-order valence-corrected chi connectivity index (χ0v) is 5.88. The molecule has 1 rings (SSSR count). The molecule has 0 radical (unpaired) electrons. The third-order valence-corrected chi connectivity index (χ3v) is 1.29. The molecule has 0 bridgehead atoms. The molecule has 0 aliphatic heterocycles. The van der Waals surface area contributed by atoms with Crippen LogP contribution in [0.5, 0.6) is 0 Å². The van der Waals surface area contributed by atoms with Gasteiger partial charge in [0.2, 0.25) is 0 Å². The summed E-state index contributed by atoms with van der Waals surface area (Å²) in [6.45, 7) is 0.865. The maximum atomic E-state index is 3.56. The Morgan fingerprint density at radius 3 is 2.60 bits per heavy atom. The van der Waals surface area contributed by atoms with Crippen LogP contribution in [0, 0.1) is 7.05 Å². The Hall–Kier alpha value is -0.860. The van der Waals surface area contributed by atoms with Crippen LogP contribution >= 0.6 is 0 Å². The largest absolute Gasteiger partial charge is 0.399 e. The van der Waals surface area contributed by atoms with Gasteiger partial charge in [0.1, 0.15) is 0 Å². The molecule has 54 valence electrons. The molecule has 0 atom stereocenters. The van der Waals surface area contributed by atoms with Crippen LogP contribution in [-0.2, 0) is 6.54 Å². The van der Waals surface area contributed by atoms with Crippen molar-refractivity contribution in [2.24, 2.45) is 0 Å². The van der Waals surface area contributed by atoms with E-state index in [1.165, 1.54) is 5.56 Å². The van der Waals surface area contributed by atoms with Crippen LogP contribution in [0.3, 0.4) is 0 Å². The molecule has 0 saturated carbocycles. The second kappa shape index (κ2) is 4.04. The van der Waals surface area contributed by atoms with Crippen molar-refractivity contribution in [3.05, 3.63) is 42.9 Å². The van der Waals surface area contributed by atoms with E-state index in [0.717, 1.165) is 6.54 Å². The molecule has 3 N–H and O–H groups in total. The van der Waals surface area contributed by atoms with E-state index in [1.807, 2.05) is 18.2 Å². The topological polar surface area (TPSA) is 28.6 Å². The monoisotopic (exact) mass is 136 g/mol. The van der Waals surface area contributed by atoms with E-state index in [-0.39, 0.29) is 0 Å². The molecule has 0 aromatic heterocycles. The number of nitrogens with two attached hydrogens (primary N) is 1. The lowest BCUT2D eigenvalue weighted by Gasteiger charge is -2.01. The van der Waals surface area contributed by atoms with Crippen molar-refractivity contribution in [3.63, 3.8) is 0 Å². The van der Waals surface area contributed by atoms with Gasteiger partial charge in [-0.3, -0.25) is 0 Å². The van der Waals surface area contributed by atoms with Crippen molar-refractivity contribution in [2.75, 3.05) is 0 Å². The first kappa shape index (κ1) is 7.25. The van der Waals surface area contributed by atoms with Gasteiger partial charge >= 0.3 is 0 Å². The summed E-state index contributed by atoms with van der Waals surface area (Å²) in [7, 11) is 3.56. The summed E-state index contributed by atoms with van der Waals surface area (Å²) < 4.78 is 0. The summed E-state index contributed by atoms with van der Waals surface area (Å²) in [5, 5.41) is 0. The molecule has 2 heteroatoms. The highest BCUT2D eigenvalue weighted by Crippen LogP contribution is 1.95. The van der Waals surface area contributed by atoms with Gasteiger partial charge in [0.05, 0.1) is 6.54 Å². The Balaban J connectivity index is 2.43. The first-order valence-electron chi connectivity index (χ1n) is 3.31. The molecule has 0 aliphatic rings. The molecule has 0 heterocycles. The summed E-state index contributed by atoms with van der Waals surface area (Å²) in [5.74, 6) is 0. The minimum Gasteiger partial charge on any atom is -0.399 e. The van der Waals surface area contributed by atoms with E-state index in [2.05, 4.69) is 24.6 Å². The minimum atomic E-state index is 0.865. The summed E-state index contributed by atoms with van der Waals surface area (Å²) in [6, 6.07) is 10.2. The summed E-state index contributed by atoms with van der Waals surface area (Å²) in [5.41, 5.74) is 6.01. The van der Waals surface area contributed by atoms with Gasteiger partial charge in [0.15, 0.2) is 0 Å². The maximum Gasteiger partial charge on any atom is 0.0669 e. The van der Waals surface area contributed by atoms with Crippen molar-refractivity contribution in [1.29, 1.82) is 0 Å². The van der Waals surface area contributed by atoms with Gasteiger partial charge in [-0.1, -0.05) is 30.3 Å². The van der Waals surface area contributed by atoms with Gasteiger partial charge in [-0.15, -0.1) is 7.05 Å². The van der Waals surface area contributed by atoms with Crippen LogP contribution < -0.4 is 10.9 Å². The Morgan fingerprint density at radius 1 is 1.30 bits per heavy atom. The third-order valence-electron chi connectivity index (χ3n) is 1.29. The van der Waals surface area contributed by atoms with Gasteiger partial charge in [0, 0.05) is 0 Å². The van der Waals surface area contributed by atoms with E-state index in [4.69, 9.17) is 0 Å². The summed E-state index contributed by atoms with van der Waals surface area (Å²) in [6.07, 6.45) is 0. The first-order chi connectivity index (χ1) is 4.93. The van der Waals surface area contributed by atoms with E-state index < -0.39 is 0 Å². The molecule has 2 nitrogen and oxygen atoms in total. The predicted octanol–water partition coefficient (Wildman–Crippen LogP) is 0.0462. The zero-order chi connectivity index (χ0) is 7.23. The highest BCUT2D eigenvalue weighted by atomic mass is 15.3. The highest BCUT2D eigenvalue weighted by molar-refractivity contribution is 5.13. The minimum absolute atomic E-state index is 0.865. The van der Waals surface area contributed by atoms with E-state index in [9.17, 15) is 0 Å². The fourth-order valence-electron chi connectivity index (χ4n) is 0.786.